The molecular formula is C8H14N6S2. The van der Waals surface area contributed by atoms with Crippen molar-refractivity contribution in [1.82, 2.24) is 15.1 Å². The highest BCUT2D eigenvalue weighted by Crippen LogP contribution is 2.24. The summed E-state index contributed by atoms with van der Waals surface area (Å²) in [5.74, 6) is 0. The van der Waals surface area contributed by atoms with Gasteiger partial charge in [0.05, 0.1) is 0 Å². The first kappa shape index (κ1) is 11.5. The molecule has 0 spiro atoms. The number of piperazine rings is 1. The van der Waals surface area contributed by atoms with Gasteiger partial charge < -0.3 is 20.9 Å². The molecule has 2 rings (SSSR count). The number of likely N-dealkylation sites (N-methyl/N-ethyl adjacent to an activating group) is 1. The SMILES string of the molecule is CN1CCN(c2nnc(NC(N)=S)s2)CC1. The molecule has 0 amide bonds. The molecule has 1 aliphatic heterocycles. The summed E-state index contributed by atoms with van der Waals surface area (Å²) < 4.78 is 0. The minimum absolute atomic E-state index is 0.223. The van der Waals surface area contributed by atoms with E-state index in [-0.39, 0.29) is 5.11 Å². The molecule has 16 heavy (non-hydrogen) atoms. The molecule has 0 aliphatic carbocycles. The summed E-state index contributed by atoms with van der Waals surface area (Å²) in [6, 6.07) is 0. The van der Waals surface area contributed by atoms with E-state index in [1.165, 1.54) is 11.3 Å². The molecule has 0 aromatic carbocycles. The normalized spacial score (nSPS) is 17.4. The highest BCUT2D eigenvalue weighted by atomic mass is 32.1. The summed E-state index contributed by atoms with van der Waals surface area (Å²) >= 11 is 6.22. The third-order valence-electron chi connectivity index (χ3n) is 2.42. The lowest BCUT2D eigenvalue weighted by molar-refractivity contribution is 0.312. The van der Waals surface area contributed by atoms with E-state index in [1.54, 1.807) is 0 Å². The van der Waals surface area contributed by atoms with Gasteiger partial charge in [-0.3, -0.25) is 0 Å². The number of hydrogen-bond donors (Lipinski definition) is 2. The quantitative estimate of drug-likeness (QED) is 0.720. The van der Waals surface area contributed by atoms with Crippen molar-refractivity contribution in [1.29, 1.82) is 0 Å². The second kappa shape index (κ2) is 4.89. The van der Waals surface area contributed by atoms with Crippen LogP contribution in [0.3, 0.4) is 0 Å². The Kier molecular flexibility index (Phi) is 3.52. The van der Waals surface area contributed by atoms with Crippen LogP contribution < -0.4 is 16.0 Å². The molecule has 1 aliphatic rings. The molecule has 1 fully saturated rings. The molecule has 8 heteroatoms. The maximum Gasteiger partial charge on any atom is 0.213 e. The van der Waals surface area contributed by atoms with Crippen molar-refractivity contribution in [2.24, 2.45) is 5.73 Å². The van der Waals surface area contributed by atoms with Gasteiger partial charge >= 0.3 is 0 Å². The second-order valence-electron chi connectivity index (χ2n) is 3.67. The average molecular weight is 258 g/mol. The number of aromatic nitrogens is 2. The zero-order valence-electron chi connectivity index (χ0n) is 9.01. The summed E-state index contributed by atoms with van der Waals surface area (Å²) in [6.45, 7) is 4.08. The molecule has 0 saturated carbocycles. The zero-order valence-corrected chi connectivity index (χ0v) is 10.6. The Morgan fingerprint density at radius 2 is 2.06 bits per heavy atom. The van der Waals surface area contributed by atoms with Gasteiger partial charge in [0, 0.05) is 26.2 Å². The summed E-state index contributed by atoms with van der Waals surface area (Å²) in [6.07, 6.45) is 0. The number of anilines is 2. The van der Waals surface area contributed by atoms with Crippen LogP contribution in [0.1, 0.15) is 0 Å². The van der Waals surface area contributed by atoms with E-state index in [1.807, 2.05) is 0 Å². The molecule has 1 aromatic heterocycles. The maximum absolute atomic E-state index is 5.37. The summed E-state index contributed by atoms with van der Waals surface area (Å²) in [5.41, 5.74) is 5.37. The van der Waals surface area contributed by atoms with Gasteiger partial charge in [0.2, 0.25) is 10.3 Å². The van der Waals surface area contributed by atoms with Gasteiger partial charge in [-0.25, -0.2) is 0 Å². The molecule has 3 N–H and O–H groups in total. The first-order valence-corrected chi connectivity index (χ1v) is 6.21. The van der Waals surface area contributed by atoms with E-state index in [0.29, 0.717) is 5.13 Å². The first-order valence-electron chi connectivity index (χ1n) is 4.98. The standard InChI is InChI=1S/C8H14N6S2/c1-13-2-4-14(5-3-13)8-12-11-7(16-8)10-6(9)15/h2-5H2,1H3,(H3,9,10,11,15). The third-order valence-corrected chi connectivity index (χ3v) is 3.42. The summed E-state index contributed by atoms with van der Waals surface area (Å²) in [5, 5.41) is 12.7. The third kappa shape index (κ3) is 2.77. The molecule has 1 aromatic rings. The molecule has 88 valence electrons. The molecule has 0 radical (unpaired) electrons. The van der Waals surface area contributed by atoms with Gasteiger partial charge in [-0.1, -0.05) is 11.3 Å². The molecule has 2 heterocycles. The maximum atomic E-state index is 5.37. The number of rotatable bonds is 2. The van der Waals surface area contributed by atoms with Gasteiger partial charge in [0.15, 0.2) is 5.11 Å². The summed E-state index contributed by atoms with van der Waals surface area (Å²) in [7, 11) is 2.12. The van der Waals surface area contributed by atoms with Crippen LogP contribution in [0.2, 0.25) is 0 Å². The predicted molar refractivity (Wildman–Crippen MR) is 70.0 cm³/mol. The Hall–Kier alpha value is -0.990. The van der Waals surface area contributed by atoms with E-state index in [4.69, 9.17) is 18.0 Å². The van der Waals surface area contributed by atoms with Crippen LogP contribution in [0.25, 0.3) is 0 Å². The highest BCUT2D eigenvalue weighted by molar-refractivity contribution is 7.80. The Labute approximate surface area is 103 Å². The molecule has 0 bridgehead atoms. The van der Waals surface area contributed by atoms with E-state index < -0.39 is 0 Å². The van der Waals surface area contributed by atoms with E-state index >= 15 is 0 Å². The Bertz CT molecular complexity index is 370. The zero-order chi connectivity index (χ0) is 11.5. The van der Waals surface area contributed by atoms with Gasteiger partial charge in [-0.2, -0.15) is 0 Å². The van der Waals surface area contributed by atoms with Crippen LogP contribution in [0, 0.1) is 0 Å². The molecule has 1 saturated heterocycles. The minimum atomic E-state index is 0.223. The average Bonchev–Trinajstić information content (AvgIpc) is 2.66. The Balaban J connectivity index is 1.99. The smallest absolute Gasteiger partial charge is 0.213 e. The van der Waals surface area contributed by atoms with Crippen LogP contribution in [0.4, 0.5) is 10.3 Å². The van der Waals surface area contributed by atoms with Crippen molar-refractivity contribution in [2.75, 3.05) is 43.4 Å². The van der Waals surface area contributed by atoms with Crippen LogP contribution >= 0.6 is 23.6 Å². The number of hydrogen-bond acceptors (Lipinski definition) is 6. The van der Waals surface area contributed by atoms with Crippen LogP contribution in [-0.4, -0.2) is 53.4 Å². The van der Waals surface area contributed by atoms with E-state index in [9.17, 15) is 0 Å². The van der Waals surface area contributed by atoms with Crippen molar-refractivity contribution in [3.8, 4) is 0 Å². The van der Waals surface area contributed by atoms with E-state index in [0.717, 1.165) is 31.3 Å². The minimum Gasteiger partial charge on any atom is -0.376 e. The number of nitrogens with two attached hydrogens (primary N) is 1. The van der Waals surface area contributed by atoms with Gasteiger partial charge in [0.25, 0.3) is 0 Å². The number of thiocarbonyl (C=S) groups is 1. The van der Waals surface area contributed by atoms with Crippen molar-refractivity contribution >= 4 is 38.9 Å². The Morgan fingerprint density at radius 3 is 2.69 bits per heavy atom. The topological polar surface area (TPSA) is 70.3 Å². The number of nitrogens with one attached hydrogen (secondary N) is 1. The van der Waals surface area contributed by atoms with Crippen molar-refractivity contribution in [3.63, 3.8) is 0 Å². The Morgan fingerprint density at radius 1 is 1.38 bits per heavy atom. The van der Waals surface area contributed by atoms with Crippen LogP contribution in [-0.2, 0) is 0 Å². The second-order valence-corrected chi connectivity index (χ2v) is 5.07. The van der Waals surface area contributed by atoms with Gasteiger partial charge in [0.1, 0.15) is 0 Å². The molecule has 0 atom stereocenters. The fraction of sp³-hybridized carbons (Fsp3) is 0.625. The van der Waals surface area contributed by atoms with Crippen molar-refractivity contribution in [3.05, 3.63) is 0 Å². The molecule has 0 unspecified atom stereocenters. The van der Waals surface area contributed by atoms with Crippen molar-refractivity contribution < 1.29 is 0 Å². The van der Waals surface area contributed by atoms with Crippen LogP contribution in [0.5, 0.6) is 0 Å². The van der Waals surface area contributed by atoms with Crippen LogP contribution in [0.15, 0.2) is 0 Å². The highest BCUT2D eigenvalue weighted by Gasteiger charge is 2.17. The molecule has 6 nitrogen and oxygen atoms in total. The lowest BCUT2D eigenvalue weighted by Gasteiger charge is -2.31. The monoisotopic (exact) mass is 258 g/mol. The first-order chi connectivity index (χ1) is 7.65. The number of nitrogens with zero attached hydrogens (tertiary/aromatic N) is 4. The fourth-order valence-electron chi connectivity index (χ4n) is 1.50. The van der Waals surface area contributed by atoms with Gasteiger partial charge in [-0.15, -0.1) is 10.2 Å². The fourth-order valence-corrected chi connectivity index (χ4v) is 2.47. The molecular weight excluding hydrogens is 244 g/mol. The van der Waals surface area contributed by atoms with E-state index in [2.05, 4.69) is 32.4 Å². The predicted octanol–water partition coefficient (Wildman–Crippen LogP) is -0.0546. The lowest BCUT2D eigenvalue weighted by atomic mass is 10.3. The summed E-state index contributed by atoms with van der Waals surface area (Å²) in [4.78, 5) is 4.52. The largest absolute Gasteiger partial charge is 0.376 e. The van der Waals surface area contributed by atoms with Gasteiger partial charge in [-0.05, 0) is 19.3 Å². The lowest BCUT2D eigenvalue weighted by Crippen LogP contribution is -2.44. The van der Waals surface area contributed by atoms with Crippen molar-refractivity contribution in [2.45, 2.75) is 0 Å².